The Kier molecular flexibility index (Phi) is 5.15. The summed E-state index contributed by atoms with van der Waals surface area (Å²) in [5.41, 5.74) is -0.692. The van der Waals surface area contributed by atoms with Crippen molar-refractivity contribution in [3.63, 3.8) is 0 Å². The second-order valence-corrected chi connectivity index (χ2v) is 6.06. The average Bonchev–Trinajstić information content (AvgIpc) is 2.89. The van der Waals surface area contributed by atoms with Gasteiger partial charge in [0, 0.05) is 11.8 Å². The van der Waals surface area contributed by atoms with Crippen molar-refractivity contribution < 1.29 is 23.2 Å². The fraction of sp³-hybridized carbons (Fsp3) is 0.500. The van der Waals surface area contributed by atoms with Gasteiger partial charge < -0.3 is 9.63 Å². The normalized spacial score (nSPS) is 23.6. The van der Waals surface area contributed by atoms with Crippen LogP contribution < -0.4 is 11.2 Å². The Hall–Kier alpha value is -1.51. The number of aromatic nitrogens is 2. The lowest BCUT2D eigenvalue weighted by Crippen LogP contribution is -2.33. The van der Waals surface area contributed by atoms with Crippen molar-refractivity contribution in [1.82, 2.24) is 9.55 Å². The third kappa shape index (κ3) is 4.02. The van der Waals surface area contributed by atoms with Crippen LogP contribution in [0.4, 0.5) is 0 Å². The summed E-state index contributed by atoms with van der Waals surface area (Å²) in [5.74, 6) is 0. The van der Waals surface area contributed by atoms with Crippen LogP contribution in [0, 0.1) is 6.92 Å². The van der Waals surface area contributed by atoms with E-state index in [0.717, 1.165) is 0 Å². The second kappa shape index (κ2) is 6.72. The predicted octanol–water partition coefficient (Wildman–Crippen LogP) is 0.452. The molecule has 0 aliphatic carbocycles. The van der Waals surface area contributed by atoms with E-state index in [4.69, 9.17) is 9.26 Å². The zero-order valence-corrected chi connectivity index (χ0v) is 13.0. The number of ether oxygens (including phenoxy) is 1. The molecule has 1 unspecified atom stereocenters. The van der Waals surface area contributed by atoms with Crippen LogP contribution in [0.25, 0.3) is 0 Å². The molecular weight excluding hydrogens is 315 g/mol. The Balaban J connectivity index is 2.01. The number of aromatic amines is 1. The SMILES string of the molecule is CCOP(=O)(O)OC[C@@H]1C=C[C@H](n2cc(C)c(=O)[nH]c2=O)O1. The van der Waals surface area contributed by atoms with E-state index in [0.29, 0.717) is 5.56 Å². The number of rotatable bonds is 6. The van der Waals surface area contributed by atoms with Crippen molar-refractivity contribution in [1.29, 1.82) is 0 Å². The third-order valence-corrected chi connectivity index (χ3v) is 3.98. The van der Waals surface area contributed by atoms with Crippen LogP contribution in [0.15, 0.2) is 27.9 Å². The van der Waals surface area contributed by atoms with Gasteiger partial charge in [-0.1, -0.05) is 6.08 Å². The van der Waals surface area contributed by atoms with E-state index in [-0.39, 0.29) is 13.2 Å². The summed E-state index contributed by atoms with van der Waals surface area (Å²) >= 11 is 0. The minimum absolute atomic E-state index is 0.0455. The molecular formula is C12H17N2O7P. The van der Waals surface area contributed by atoms with E-state index in [1.54, 1.807) is 26.0 Å². The number of aryl methyl sites for hydroxylation is 1. The summed E-state index contributed by atoms with van der Waals surface area (Å²) in [6.45, 7) is 2.99. The topological polar surface area (TPSA) is 120 Å². The van der Waals surface area contributed by atoms with Gasteiger partial charge in [-0.2, -0.15) is 0 Å². The molecule has 2 heterocycles. The molecule has 0 saturated heterocycles. The molecule has 0 fully saturated rings. The van der Waals surface area contributed by atoms with E-state index >= 15 is 0 Å². The van der Waals surface area contributed by atoms with Gasteiger partial charge in [0.25, 0.3) is 5.56 Å². The van der Waals surface area contributed by atoms with Crippen molar-refractivity contribution in [3.8, 4) is 0 Å². The largest absolute Gasteiger partial charge is 0.472 e. The zero-order valence-electron chi connectivity index (χ0n) is 12.1. The maximum atomic E-state index is 11.7. The van der Waals surface area contributed by atoms with Gasteiger partial charge in [0.05, 0.1) is 13.2 Å². The molecule has 0 spiro atoms. The Labute approximate surface area is 125 Å². The molecule has 0 radical (unpaired) electrons. The number of nitrogens with one attached hydrogen (secondary N) is 1. The number of phosphoric acid groups is 1. The van der Waals surface area contributed by atoms with Crippen LogP contribution >= 0.6 is 7.82 Å². The first-order valence-electron chi connectivity index (χ1n) is 6.60. The highest BCUT2D eigenvalue weighted by molar-refractivity contribution is 7.47. The first-order valence-corrected chi connectivity index (χ1v) is 8.09. The van der Waals surface area contributed by atoms with E-state index in [1.165, 1.54) is 10.8 Å². The predicted molar refractivity (Wildman–Crippen MR) is 76.5 cm³/mol. The average molecular weight is 332 g/mol. The molecule has 0 aromatic carbocycles. The minimum Gasteiger partial charge on any atom is -0.344 e. The first kappa shape index (κ1) is 16.9. The van der Waals surface area contributed by atoms with E-state index < -0.39 is 31.4 Å². The summed E-state index contributed by atoms with van der Waals surface area (Å²) in [4.78, 5) is 34.6. The van der Waals surface area contributed by atoms with Crippen molar-refractivity contribution in [2.45, 2.75) is 26.2 Å². The van der Waals surface area contributed by atoms with Crippen LogP contribution in [0.3, 0.4) is 0 Å². The lowest BCUT2D eigenvalue weighted by molar-refractivity contribution is -0.0122. The van der Waals surface area contributed by atoms with Gasteiger partial charge in [-0.3, -0.25) is 23.4 Å². The van der Waals surface area contributed by atoms with E-state index in [9.17, 15) is 19.0 Å². The van der Waals surface area contributed by atoms with Crippen LogP contribution in [0.2, 0.25) is 0 Å². The maximum Gasteiger partial charge on any atom is 0.472 e. The lowest BCUT2D eigenvalue weighted by Gasteiger charge is -2.17. The van der Waals surface area contributed by atoms with Gasteiger partial charge in [-0.15, -0.1) is 0 Å². The Morgan fingerprint density at radius 2 is 2.14 bits per heavy atom. The van der Waals surface area contributed by atoms with Gasteiger partial charge in [0.15, 0.2) is 6.23 Å². The summed E-state index contributed by atoms with van der Waals surface area (Å²) < 4.78 is 27.5. The highest BCUT2D eigenvalue weighted by atomic mass is 31.2. The molecule has 2 N–H and O–H groups in total. The summed E-state index contributed by atoms with van der Waals surface area (Å²) in [6, 6.07) is 0. The number of hydrogen-bond acceptors (Lipinski definition) is 6. The van der Waals surface area contributed by atoms with Gasteiger partial charge in [0.2, 0.25) is 0 Å². The third-order valence-electron chi connectivity index (χ3n) is 2.92. The minimum atomic E-state index is -4.09. The molecule has 1 aliphatic heterocycles. The van der Waals surface area contributed by atoms with Gasteiger partial charge >= 0.3 is 13.5 Å². The maximum absolute atomic E-state index is 11.7. The smallest absolute Gasteiger partial charge is 0.344 e. The molecule has 122 valence electrons. The van der Waals surface area contributed by atoms with Crippen molar-refractivity contribution in [2.75, 3.05) is 13.2 Å². The van der Waals surface area contributed by atoms with Crippen LogP contribution in [-0.2, 0) is 18.3 Å². The summed E-state index contributed by atoms with van der Waals surface area (Å²) in [7, 11) is -4.09. The fourth-order valence-electron chi connectivity index (χ4n) is 1.89. The summed E-state index contributed by atoms with van der Waals surface area (Å²) in [5, 5.41) is 0. The first-order chi connectivity index (χ1) is 10.3. The van der Waals surface area contributed by atoms with Crippen molar-refractivity contribution in [3.05, 3.63) is 44.8 Å². The van der Waals surface area contributed by atoms with Gasteiger partial charge in [-0.25, -0.2) is 9.36 Å². The lowest BCUT2D eigenvalue weighted by atomic mass is 10.3. The molecule has 0 saturated carbocycles. The van der Waals surface area contributed by atoms with Crippen LogP contribution in [0.1, 0.15) is 18.7 Å². The molecule has 0 bridgehead atoms. The zero-order chi connectivity index (χ0) is 16.3. The van der Waals surface area contributed by atoms with Crippen LogP contribution in [0.5, 0.6) is 0 Å². The highest BCUT2D eigenvalue weighted by Gasteiger charge is 2.26. The fourth-order valence-corrected chi connectivity index (χ4v) is 2.62. The molecule has 22 heavy (non-hydrogen) atoms. The molecule has 0 amide bonds. The number of phosphoric ester groups is 1. The highest BCUT2D eigenvalue weighted by Crippen LogP contribution is 2.43. The molecule has 1 aliphatic rings. The molecule has 3 atom stereocenters. The number of hydrogen-bond donors (Lipinski definition) is 2. The molecule has 10 heteroatoms. The molecule has 1 aromatic heterocycles. The van der Waals surface area contributed by atoms with Crippen molar-refractivity contribution in [2.24, 2.45) is 0 Å². The second-order valence-electron chi connectivity index (χ2n) is 4.61. The standard InChI is InChI=1S/C12H17N2O7P/c1-3-19-22(17,18)20-7-9-4-5-10(21-9)14-6-8(2)11(15)13-12(14)16/h4-6,9-10H,3,7H2,1-2H3,(H,17,18)(H,13,15,16)/t9-,10+/m0/s1. The van der Waals surface area contributed by atoms with Gasteiger partial charge in [0.1, 0.15) is 6.10 Å². The van der Waals surface area contributed by atoms with Gasteiger partial charge in [-0.05, 0) is 19.9 Å². The molecule has 9 nitrogen and oxygen atoms in total. The monoisotopic (exact) mass is 332 g/mol. The Morgan fingerprint density at radius 1 is 1.41 bits per heavy atom. The van der Waals surface area contributed by atoms with E-state index in [1.807, 2.05) is 0 Å². The summed E-state index contributed by atoms with van der Waals surface area (Å²) in [6.07, 6.45) is 3.25. The number of H-pyrrole nitrogens is 1. The molecule has 2 rings (SSSR count). The number of nitrogens with zero attached hydrogens (tertiary/aromatic N) is 1. The van der Waals surface area contributed by atoms with Crippen molar-refractivity contribution >= 4 is 7.82 Å². The Bertz CT molecular complexity index is 723. The van der Waals surface area contributed by atoms with E-state index in [2.05, 4.69) is 9.51 Å². The van der Waals surface area contributed by atoms with Crippen LogP contribution in [-0.4, -0.2) is 33.8 Å². The quantitative estimate of drug-likeness (QED) is 0.573. The Morgan fingerprint density at radius 3 is 2.82 bits per heavy atom. The molecule has 1 aromatic rings.